The molecule has 0 unspecified atom stereocenters. The molecule has 0 saturated carbocycles. The van der Waals surface area contributed by atoms with E-state index in [-0.39, 0.29) is 10.7 Å². The van der Waals surface area contributed by atoms with Crippen LogP contribution in [0, 0.1) is 0 Å². The summed E-state index contributed by atoms with van der Waals surface area (Å²) in [6.45, 7) is 1.02. The van der Waals surface area contributed by atoms with Gasteiger partial charge in [0.2, 0.25) is 0 Å². The van der Waals surface area contributed by atoms with Crippen molar-refractivity contribution in [2.24, 2.45) is 0 Å². The monoisotopic (exact) mass is 297 g/mol. The van der Waals surface area contributed by atoms with Crippen molar-refractivity contribution in [2.45, 2.75) is 11.6 Å². The highest BCUT2D eigenvalue weighted by molar-refractivity contribution is 7.92. The van der Waals surface area contributed by atoms with Crippen molar-refractivity contribution in [3.05, 3.63) is 30.7 Å². The standard InChI is InChI=1S/C11H15N5O3S/c1-19-6-5-16-8-9(7-14-16)15-20(17,18)11-10(12)3-2-4-13-11/h2-4,7-8,15H,5-6,12H2,1H3. The average molecular weight is 297 g/mol. The summed E-state index contributed by atoms with van der Waals surface area (Å²) in [6.07, 6.45) is 4.34. The van der Waals surface area contributed by atoms with Gasteiger partial charge in [0, 0.05) is 19.5 Å². The van der Waals surface area contributed by atoms with Crippen LogP contribution in [0.2, 0.25) is 0 Å². The molecule has 0 saturated heterocycles. The summed E-state index contributed by atoms with van der Waals surface area (Å²) in [5.41, 5.74) is 6.04. The van der Waals surface area contributed by atoms with Gasteiger partial charge in [0.15, 0.2) is 5.03 Å². The Kier molecular flexibility index (Phi) is 4.20. The molecule has 20 heavy (non-hydrogen) atoms. The van der Waals surface area contributed by atoms with Gasteiger partial charge >= 0.3 is 0 Å². The zero-order valence-electron chi connectivity index (χ0n) is 10.9. The second-order valence-corrected chi connectivity index (χ2v) is 5.59. The van der Waals surface area contributed by atoms with Crippen LogP contribution in [0.4, 0.5) is 11.4 Å². The lowest BCUT2D eigenvalue weighted by atomic mass is 10.4. The molecule has 0 aliphatic heterocycles. The molecule has 0 aliphatic rings. The van der Waals surface area contributed by atoms with E-state index >= 15 is 0 Å². The number of hydrogen-bond acceptors (Lipinski definition) is 6. The highest BCUT2D eigenvalue weighted by Gasteiger charge is 2.19. The lowest BCUT2D eigenvalue weighted by molar-refractivity contribution is 0.183. The summed E-state index contributed by atoms with van der Waals surface area (Å²) < 4.78 is 33.1. The lowest BCUT2D eigenvalue weighted by Crippen LogP contribution is -2.16. The normalized spacial score (nSPS) is 11.4. The fraction of sp³-hybridized carbons (Fsp3) is 0.273. The van der Waals surface area contributed by atoms with Crippen LogP contribution in [0.15, 0.2) is 35.7 Å². The van der Waals surface area contributed by atoms with Gasteiger partial charge in [-0.1, -0.05) is 0 Å². The van der Waals surface area contributed by atoms with E-state index in [4.69, 9.17) is 10.5 Å². The summed E-state index contributed by atoms with van der Waals surface area (Å²) in [6, 6.07) is 3.04. The Hall–Kier alpha value is -2.13. The number of aromatic nitrogens is 3. The van der Waals surface area contributed by atoms with E-state index in [9.17, 15) is 8.42 Å². The van der Waals surface area contributed by atoms with E-state index in [1.807, 2.05) is 0 Å². The molecule has 0 amide bonds. The predicted molar refractivity (Wildman–Crippen MR) is 73.6 cm³/mol. The van der Waals surface area contributed by atoms with Gasteiger partial charge in [-0.3, -0.25) is 9.40 Å². The number of nitrogens with zero attached hydrogens (tertiary/aromatic N) is 3. The van der Waals surface area contributed by atoms with Gasteiger partial charge in [0.05, 0.1) is 30.7 Å². The Morgan fingerprint density at radius 2 is 2.30 bits per heavy atom. The van der Waals surface area contributed by atoms with Crippen molar-refractivity contribution >= 4 is 21.4 Å². The second kappa shape index (κ2) is 5.88. The van der Waals surface area contributed by atoms with E-state index in [0.717, 1.165) is 0 Å². The van der Waals surface area contributed by atoms with Gasteiger partial charge in [0.25, 0.3) is 10.0 Å². The predicted octanol–water partition coefficient (Wildman–Crippen LogP) is 0.307. The van der Waals surface area contributed by atoms with Gasteiger partial charge < -0.3 is 10.5 Å². The molecular weight excluding hydrogens is 282 g/mol. The van der Waals surface area contributed by atoms with Crippen molar-refractivity contribution in [3.8, 4) is 0 Å². The number of ether oxygens (including phenoxy) is 1. The molecule has 9 heteroatoms. The highest BCUT2D eigenvalue weighted by atomic mass is 32.2. The van der Waals surface area contributed by atoms with Crippen molar-refractivity contribution in [3.63, 3.8) is 0 Å². The Balaban J connectivity index is 2.16. The van der Waals surface area contributed by atoms with E-state index in [0.29, 0.717) is 18.8 Å². The third kappa shape index (κ3) is 3.25. The fourth-order valence-electron chi connectivity index (χ4n) is 1.55. The summed E-state index contributed by atoms with van der Waals surface area (Å²) in [5, 5.41) is 3.81. The SMILES string of the molecule is COCCn1cc(NS(=O)(=O)c2ncccc2N)cn1. The molecule has 0 bridgehead atoms. The smallest absolute Gasteiger partial charge is 0.281 e. The van der Waals surface area contributed by atoms with E-state index < -0.39 is 10.0 Å². The molecule has 2 aromatic heterocycles. The van der Waals surface area contributed by atoms with Gasteiger partial charge in [-0.15, -0.1) is 0 Å². The Morgan fingerprint density at radius 3 is 3.00 bits per heavy atom. The molecule has 0 radical (unpaired) electrons. The molecule has 108 valence electrons. The van der Waals surface area contributed by atoms with E-state index in [2.05, 4.69) is 14.8 Å². The summed E-state index contributed by atoms with van der Waals surface area (Å²) >= 11 is 0. The number of pyridine rings is 1. The number of nitrogens with one attached hydrogen (secondary N) is 1. The first-order valence-corrected chi connectivity index (χ1v) is 7.26. The van der Waals surface area contributed by atoms with Crippen molar-refractivity contribution in [1.29, 1.82) is 0 Å². The van der Waals surface area contributed by atoms with Gasteiger partial charge in [-0.05, 0) is 12.1 Å². The summed E-state index contributed by atoms with van der Waals surface area (Å²) in [7, 11) is -2.24. The minimum atomic E-state index is -3.82. The number of methoxy groups -OCH3 is 1. The second-order valence-electron chi connectivity index (χ2n) is 3.99. The maximum absolute atomic E-state index is 12.1. The molecule has 0 fully saturated rings. The van der Waals surface area contributed by atoms with Crippen LogP contribution in [-0.2, 0) is 21.3 Å². The molecule has 2 heterocycles. The first-order chi connectivity index (χ1) is 9.53. The number of hydrogen-bond donors (Lipinski definition) is 2. The number of anilines is 2. The van der Waals surface area contributed by atoms with Crippen LogP contribution in [0.3, 0.4) is 0 Å². The van der Waals surface area contributed by atoms with Crippen molar-refractivity contribution in [1.82, 2.24) is 14.8 Å². The molecule has 2 rings (SSSR count). The number of sulfonamides is 1. The largest absolute Gasteiger partial charge is 0.396 e. The third-order valence-electron chi connectivity index (χ3n) is 2.47. The number of rotatable bonds is 6. The zero-order valence-corrected chi connectivity index (χ0v) is 11.7. The molecule has 2 aromatic rings. The quantitative estimate of drug-likeness (QED) is 0.793. The van der Waals surface area contributed by atoms with Crippen LogP contribution in [-0.4, -0.2) is 36.9 Å². The van der Waals surface area contributed by atoms with Crippen LogP contribution in [0.5, 0.6) is 0 Å². The zero-order chi connectivity index (χ0) is 14.6. The van der Waals surface area contributed by atoms with Crippen LogP contribution < -0.4 is 10.5 Å². The maximum Gasteiger partial charge on any atom is 0.281 e. The first kappa shape index (κ1) is 14.3. The minimum Gasteiger partial charge on any atom is -0.396 e. The third-order valence-corrected chi connectivity index (χ3v) is 3.82. The Labute approximate surface area is 116 Å². The van der Waals surface area contributed by atoms with Crippen LogP contribution in [0.1, 0.15) is 0 Å². The van der Waals surface area contributed by atoms with Crippen molar-refractivity contribution in [2.75, 3.05) is 24.2 Å². The lowest BCUT2D eigenvalue weighted by Gasteiger charge is -2.06. The van der Waals surface area contributed by atoms with Gasteiger partial charge in [-0.2, -0.15) is 13.5 Å². The Bertz CT molecular complexity index is 683. The first-order valence-electron chi connectivity index (χ1n) is 5.77. The fourth-order valence-corrected chi connectivity index (χ4v) is 2.65. The summed E-state index contributed by atoms with van der Waals surface area (Å²) in [5.74, 6) is 0. The number of nitrogen functional groups attached to an aromatic ring is 1. The van der Waals surface area contributed by atoms with E-state index in [1.54, 1.807) is 24.1 Å². The highest BCUT2D eigenvalue weighted by Crippen LogP contribution is 2.18. The van der Waals surface area contributed by atoms with Gasteiger partial charge in [0.1, 0.15) is 0 Å². The number of nitrogens with two attached hydrogens (primary N) is 1. The summed E-state index contributed by atoms with van der Waals surface area (Å²) in [4.78, 5) is 3.78. The molecule has 0 atom stereocenters. The molecule has 0 aromatic carbocycles. The molecule has 0 spiro atoms. The van der Waals surface area contributed by atoms with Crippen molar-refractivity contribution < 1.29 is 13.2 Å². The van der Waals surface area contributed by atoms with Gasteiger partial charge in [-0.25, -0.2) is 4.98 Å². The maximum atomic E-state index is 12.1. The van der Waals surface area contributed by atoms with E-state index in [1.165, 1.54) is 18.5 Å². The molecule has 3 N–H and O–H groups in total. The molecular formula is C11H15N5O3S. The molecule has 8 nitrogen and oxygen atoms in total. The Morgan fingerprint density at radius 1 is 1.50 bits per heavy atom. The molecule has 0 aliphatic carbocycles. The van der Waals surface area contributed by atoms with Crippen LogP contribution in [0.25, 0.3) is 0 Å². The van der Waals surface area contributed by atoms with Crippen LogP contribution >= 0.6 is 0 Å². The minimum absolute atomic E-state index is 0.0896. The topological polar surface area (TPSA) is 112 Å². The average Bonchev–Trinajstić information content (AvgIpc) is 2.83.